The van der Waals surface area contributed by atoms with E-state index in [0.29, 0.717) is 5.56 Å². The summed E-state index contributed by atoms with van der Waals surface area (Å²) in [6, 6.07) is 9.23. The smallest absolute Gasteiger partial charge is 0.257 e. The molecule has 0 atom stereocenters. The van der Waals surface area contributed by atoms with Crippen LogP contribution in [0.25, 0.3) is 0 Å². The zero-order valence-electron chi connectivity index (χ0n) is 18.1. The van der Waals surface area contributed by atoms with Crippen LogP contribution in [-0.2, 0) is 14.8 Å². The molecule has 0 unspecified atom stereocenters. The Balaban J connectivity index is 1.59. The highest BCUT2D eigenvalue weighted by Crippen LogP contribution is 2.19. The average molecular weight is 496 g/mol. The van der Waals surface area contributed by atoms with Gasteiger partial charge in [0.15, 0.2) is 5.78 Å². The first kappa shape index (κ1) is 24.8. The first-order chi connectivity index (χ1) is 15.5. The van der Waals surface area contributed by atoms with Crippen molar-refractivity contribution in [3.8, 4) is 0 Å². The SMILES string of the molecule is CC(=O)c1ccc(S(=O)(=O)N(C)CC(=O)N2CCN(C(=O)c3cc(Cl)ccc3F)CC2)cc1. The van der Waals surface area contributed by atoms with Crippen molar-refractivity contribution in [2.75, 3.05) is 39.8 Å². The van der Waals surface area contributed by atoms with E-state index in [1.807, 2.05) is 0 Å². The number of amides is 2. The van der Waals surface area contributed by atoms with Gasteiger partial charge in [-0.2, -0.15) is 4.31 Å². The lowest BCUT2D eigenvalue weighted by Crippen LogP contribution is -2.52. The molecular weight excluding hydrogens is 473 g/mol. The largest absolute Gasteiger partial charge is 0.338 e. The van der Waals surface area contributed by atoms with Crippen LogP contribution in [0.5, 0.6) is 0 Å². The number of carbonyl (C=O) groups excluding carboxylic acids is 3. The molecule has 2 aromatic carbocycles. The molecule has 1 fully saturated rings. The highest BCUT2D eigenvalue weighted by atomic mass is 35.5. The van der Waals surface area contributed by atoms with Gasteiger partial charge < -0.3 is 9.80 Å². The molecule has 1 aliphatic rings. The molecule has 8 nitrogen and oxygen atoms in total. The van der Waals surface area contributed by atoms with Crippen LogP contribution in [0.2, 0.25) is 5.02 Å². The zero-order chi connectivity index (χ0) is 24.3. The van der Waals surface area contributed by atoms with E-state index in [0.717, 1.165) is 10.4 Å². The summed E-state index contributed by atoms with van der Waals surface area (Å²) in [5.74, 6) is -1.79. The number of piperazine rings is 1. The summed E-state index contributed by atoms with van der Waals surface area (Å²) in [4.78, 5) is 39.5. The topological polar surface area (TPSA) is 95.1 Å². The highest BCUT2D eigenvalue weighted by molar-refractivity contribution is 7.89. The first-order valence-corrected chi connectivity index (χ1v) is 11.9. The average Bonchev–Trinajstić information content (AvgIpc) is 2.80. The quantitative estimate of drug-likeness (QED) is 0.573. The van der Waals surface area contributed by atoms with Gasteiger partial charge >= 0.3 is 0 Å². The van der Waals surface area contributed by atoms with Crippen LogP contribution in [0.15, 0.2) is 47.4 Å². The summed E-state index contributed by atoms with van der Waals surface area (Å²) in [5, 5.41) is 0.244. The molecule has 0 aromatic heterocycles. The molecule has 0 bridgehead atoms. The van der Waals surface area contributed by atoms with Crippen molar-refractivity contribution >= 4 is 39.2 Å². The van der Waals surface area contributed by atoms with Crippen molar-refractivity contribution in [3.05, 3.63) is 64.4 Å². The van der Waals surface area contributed by atoms with Crippen molar-refractivity contribution in [1.82, 2.24) is 14.1 Å². The highest BCUT2D eigenvalue weighted by Gasteiger charge is 2.29. The Labute approximate surface area is 196 Å². The van der Waals surface area contributed by atoms with Gasteiger partial charge in [-0.05, 0) is 37.3 Å². The van der Waals surface area contributed by atoms with Gasteiger partial charge in [-0.25, -0.2) is 12.8 Å². The Morgan fingerprint density at radius 1 is 1.00 bits per heavy atom. The Kier molecular flexibility index (Phi) is 7.51. The van der Waals surface area contributed by atoms with Gasteiger partial charge in [0.05, 0.1) is 17.0 Å². The normalized spacial score (nSPS) is 14.5. The molecule has 3 rings (SSSR count). The minimum absolute atomic E-state index is 0.0261. The van der Waals surface area contributed by atoms with E-state index in [1.54, 1.807) is 0 Å². The molecule has 0 spiro atoms. The maximum Gasteiger partial charge on any atom is 0.257 e. The van der Waals surface area contributed by atoms with Gasteiger partial charge in [-0.15, -0.1) is 0 Å². The second-order valence-corrected chi connectivity index (χ2v) is 10.1. The third kappa shape index (κ3) is 5.58. The minimum Gasteiger partial charge on any atom is -0.338 e. The summed E-state index contributed by atoms with van der Waals surface area (Å²) in [5.41, 5.74) is 0.252. The van der Waals surface area contributed by atoms with Gasteiger partial charge in [0.25, 0.3) is 5.91 Å². The van der Waals surface area contributed by atoms with Crippen LogP contribution in [-0.4, -0.2) is 79.9 Å². The number of halogens is 2. The molecule has 1 aliphatic heterocycles. The number of hydrogen-bond acceptors (Lipinski definition) is 5. The number of hydrogen-bond donors (Lipinski definition) is 0. The van der Waals surface area contributed by atoms with Crippen molar-refractivity contribution in [3.63, 3.8) is 0 Å². The van der Waals surface area contributed by atoms with Crippen molar-refractivity contribution in [2.24, 2.45) is 0 Å². The molecule has 33 heavy (non-hydrogen) atoms. The minimum atomic E-state index is -3.93. The van der Waals surface area contributed by atoms with E-state index in [1.165, 1.54) is 60.2 Å². The van der Waals surface area contributed by atoms with E-state index in [9.17, 15) is 27.2 Å². The molecular formula is C22H23ClFN3O5S. The summed E-state index contributed by atoms with van der Waals surface area (Å²) >= 11 is 5.86. The Bertz CT molecular complexity index is 1180. The molecule has 0 aliphatic carbocycles. The predicted octanol–water partition coefficient (Wildman–Crippen LogP) is 2.29. The molecule has 0 radical (unpaired) electrons. The van der Waals surface area contributed by atoms with Crippen LogP contribution >= 0.6 is 11.6 Å². The van der Waals surface area contributed by atoms with Crippen molar-refractivity contribution < 1.29 is 27.2 Å². The molecule has 1 saturated heterocycles. The molecule has 2 aromatic rings. The molecule has 176 valence electrons. The second-order valence-electron chi connectivity index (χ2n) is 7.64. The van der Waals surface area contributed by atoms with Crippen LogP contribution in [0.1, 0.15) is 27.6 Å². The van der Waals surface area contributed by atoms with Gasteiger partial charge in [0.2, 0.25) is 15.9 Å². The molecule has 11 heteroatoms. The van der Waals surface area contributed by atoms with E-state index < -0.39 is 27.7 Å². The van der Waals surface area contributed by atoms with Gasteiger partial charge in [-0.1, -0.05) is 23.7 Å². The van der Waals surface area contributed by atoms with Crippen LogP contribution in [0.3, 0.4) is 0 Å². The second kappa shape index (κ2) is 9.98. The first-order valence-electron chi connectivity index (χ1n) is 10.1. The number of sulfonamides is 1. The van der Waals surface area contributed by atoms with Crippen molar-refractivity contribution in [1.29, 1.82) is 0 Å². The predicted molar refractivity (Wildman–Crippen MR) is 120 cm³/mol. The van der Waals surface area contributed by atoms with E-state index in [-0.39, 0.29) is 54.0 Å². The summed E-state index contributed by atoms with van der Waals surface area (Å²) in [7, 11) is -2.63. The zero-order valence-corrected chi connectivity index (χ0v) is 19.7. The maximum atomic E-state index is 14.0. The van der Waals surface area contributed by atoms with E-state index in [4.69, 9.17) is 11.6 Å². The standard InChI is InChI=1S/C22H23ClFN3O5S/c1-15(28)16-3-6-18(7-4-16)33(31,32)25(2)14-21(29)26-9-11-27(12-10-26)22(30)19-13-17(23)5-8-20(19)24/h3-8,13H,9-12,14H2,1-2H3. The van der Waals surface area contributed by atoms with Crippen LogP contribution in [0.4, 0.5) is 4.39 Å². The monoisotopic (exact) mass is 495 g/mol. The van der Waals surface area contributed by atoms with Gasteiger partial charge in [0, 0.05) is 43.8 Å². The summed E-state index contributed by atoms with van der Waals surface area (Å²) < 4.78 is 40.4. The molecule has 1 heterocycles. The van der Waals surface area contributed by atoms with Crippen LogP contribution in [0, 0.1) is 5.82 Å². The summed E-state index contributed by atoms with van der Waals surface area (Å²) in [6.45, 7) is 1.74. The fourth-order valence-electron chi connectivity index (χ4n) is 3.41. The summed E-state index contributed by atoms with van der Waals surface area (Å²) in [6.07, 6.45) is 0. The lowest BCUT2D eigenvalue weighted by molar-refractivity contribution is -0.132. The number of ketones is 1. The fraction of sp³-hybridized carbons (Fsp3) is 0.318. The fourth-order valence-corrected chi connectivity index (χ4v) is 4.70. The van der Waals surface area contributed by atoms with Gasteiger partial charge in [-0.3, -0.25) is 14.4 Å². The van der Waals surface area contributed by atoms with Crippen molar-refractivity contribution in [2.45, 2.75) is 11.8 Å². The Hall–Kier alpha value is -2.82. The Morgan fingerprint density at radius 3 is 2.15 bits per heavy atom. The third-order valence-electron chi connectivity index (χ3n) is 5.41. The molecule has 0 N–H and O–H groups in total. The third-order valence-corrected chi connectivity index (χ3v) is 7.46. The van der Waals surface area contributed by atoms with E-state index >= 15 is 0 Å². The number of Topliss-reactive ketones (excluding diaryl/α,β-unsaturated/α-hetero) is 1. The lowest BCUT2D eigenvalue weighted by Gasteiger charge is -2.35. The van der Waals surface area contributed by atoms with E-state index in [2.05, 4.69) is 0 Å². The maximum absolute atomic E-state index is 14.0. The number of carbonyl (C=O) groups is 3. The Morgan fingerprint density at radius 2 is 1.58 bits per heavy atom. The lowest BCUT2D eigenvalue weighted by atomic mass is 10.1. The van der Waals surface area contributed by atoms with Gasteiger partial charge in [0.1, 0.15) is 5.82 Å². The number of nitrogens with zero attached hydrogens (tertiary/aromatic N) is 3. The number of rotatable bonds is 6. The molecule has 2 amide bonds. The van der Waals surface area contributed by atoms with Crippen LogP contribution < -0.4 is 0 Å². The number of benzene rings is 2. The molecule has 0 saturated carbocycles. The number of likely N-dealkylation sites (N-methyl/N-ethyl adjacent to an activating group) is 1.